The molecule has 0 nitrogen and oxygen atoms in total. The van der Waals surface area contributed by atoms with E-state index < -0.39 is 24.2 Å². The molecule has 1 aliphatic heterocycles. The van der Waals surface area contributed by atoms with Gasteiger partial charge in [-0.15, -0.1) is 0 Å². The van der Waals surface area contributed by atoms with Crippen LogP contribution < -0.4 is 0 Å². The van der Waals surface area contributed by atoms with Crippen molar-refractivity contribution < 1.29 is 32.0 Å². The van der Waals surface area contributed by atoms with E-state index in [1.165, 1.54) is 38.5 Å². The van der Waals surface area contributed by atoms with Crippen molar-refractivity contribution in [2.45, 2.75) is 48.3 Å². The molecule has 1 fully saturated rings. The molecule has 0 spiro atoms. The molecule has 2 aliphatic rings. The van der Waals surface area contributed by atoms with E-state index in [1.54, 1.807) is 0 Å². The molecule has 1 aliphatic carbocycles. The predicted molar refractivity (Wildman–Crippen MR) is 65.0 cm³/mol. The predicted octanol–water partition coefficient (Wildman–Crippen LogP) is 5.28. The summed E-state index contributed by atoms with van der Waals surface area (Å²) in [5.41, 5.74) is 0. The van der Waals surface area contributed by atoms with Crippen LogP contribution in [0.2, 0.25) is 0 Å². The molecule has 5 heteroatoms. The van der Waals surface area contributed by atoms with Gasteiger partial charge in [-0.3, -0.25) is 0 Å². The number of halogens is 4. The van der Waals surface area contributed by atoms with Crippen molar-refractivity contribution in [2.75, 3.05) is 0 Å². The van der Waals surface area contributed by atoms with Crippen LogP contribution in [0, 0.1) is 0 Å². The normalized spacial score (nSPS) is 30.1. The van der Waals surface area contributed by atoms with Crippen molar-refractivity contribution in [3.8, 4) is 0 Å². The summed E-state index contributed by atoms with van der Waals surface area (Å²) in [7, 11) is 0. The Morgan fingerprint density at radius 1 is 0.526 bits per heavy atom. The maximum atomic E-state index is 11.1. The first-order valence-electron chi connectivity index (χ1n) is 6.27. The third kappa shape index (κ3) is 6.96. The molecule has 0 N–H and O–H groups in total. The second-order valence-electron chi connectivity index (χ2n) is 4.14. The van der Waals surface area contributed by atoms with Crippen LogP contribution >= 0.6 is 0 Å². The fourth-order valence-electron chi connectivity index (χ4n) is 1.39. The van der Waals surface area contributed by atoms with E-state index >= 15 is 0 Å². The molecule has 19 heavy (non-hydrogen) atoms. The molecule has 1 saturated heterocycles. The van der Waals surface area contributed by atoms with Crippen molar-refractivity contribution in [3.63, 3.8) is 0 Å². The minimum atomic E-state index is -3.75. The van der Waals surface area contributed by atoms with Gasteiger partial charge in [-0.2, -0.15) is 0 Å². The molecule has 1 heterocycles. The number of rotatable bonds is 0. The van der Waals surface area contributed by atoms with Gasteiger partial charge in [0.2, 0.25) is 0 Å². The molecule has 0 unspecified atom stereocenters. The Labute approximate surface area is 117 Å². The van der Waals surface area contributed by atoms with E-state index in [4.69, 9.17) is 0 Å². The van der Waals surface area contributed by atoms with Gasteiger partial charge < -0.3 is 0 Å². The van der Waals surface area contributed by atoms with Gasteiger partial charge in [0, 0.05) is 0 Å². The Balaban J connectivity index is 0.000000218. The topological polar surface area (TPSA) is 0 Å². The second-order valence-corrected chi connectivity index (χ2v) is 5.63. The van der Waals surface area contributed by atoms with Crippen LogP contribution in [0.5, 0.6) is 0 Å². The van der Waals surface area contributed by atoms with Gasteiger partial charge in [0.1, 0.15) is 0 Å². The molecule has 0 radical (unpaired) electrons. The second kappa shape index (κ2) is 7.89. The van der Waals surface area contributed by atoms with E-state index in [2.05, 4.69) is 36.5 Å². The molecule has 0 aromatic rings. The van der Waals surface area contributed by atoms with Crippen molar-refractivity contribution in [1.29, 1.82) is 0 Å². The summed E-state index contributed by atoms with van der Waals surface area (Å²) in [5, 5.41) is 0. The van der Waals surface area contributed by atoms with Gasteiger partial charge >= 0.3 is 41.8 Å². The number of allylic oxidation sites excluding steroid dienone is 6. The Kier molecular flexibility index (Phi) is 6.84. The van der Waals surface area contributed by atoms with E-state index in [9.17, 15) is 17.6 Å². The first-order valence-corrected chi connectivity index (χ1v) is 7.26. The molecule has 0 aromatic heterocycles. The molecule has 0 atom stereocenters. The maximum absolute atomic E-state index is 11.1. The molecule has 0 bridgehead atoms. The Bertz CT molecular complexity index is 282. The number of hydrogen-bond donors (Lipinski definition) is 0. The summed E-state index contributed by atoms with van der Waals surface area (Å²) in [5.74, 6) is 0. The summed E-state index contributed by atoms with van der Waals surface area (Å²) >= 11 is -0.778. The van der Waals surface area contributed by atoms with Crippen LogP contribution in [0.1, 0.15) is 38.5 Å². The van der Waals surface area contributed by atoms with Crippen LogP contribution in [-0.4, -0.2) is 9.79 Å². The van der Waals surface area contributed by atoms with Gasteiger partial charge in [0.05, 0.1) is 0 Å². The molecule has 112 valence electrons. The summed E-state index contributed by atoms with van der Waals surface area (Å²) in [6.07, 6.45) is 21.0. The van der Waals surface area contributed by atoms with Crippen molar-refractivity contribution in [3.05, 3.63) is 36.5 Å². The van der Waals surface area contributed by atoms with Gasteiger partial charge in [-0.05, 0) is 38.5 Å². The van der Waals surface area contributed by atoms with Gasteiger partial charge in [-0.1, -0.05) is 36.5 Å². The summed E-state index contributed by atoms with van der Waals surface area (Å²) in [6.45, 7) is 0. The zero-order valence-corrected chi connectivity index (χ0v) is 11.5. The summed E-state index contributed by atoms with van der Waals surface area (Å²) in [6, 6.07) is 0. The Morgan fingerprint density at radius 2 is 0.684 bits per heavy atom. The third-order valence-electron chi connectivity index (χ3n) is 2.46. The van der Waals surface area contributed by atoms with E-state index in [0.29, 0.717) is 0 Å². The first kappa shape index (κ1) is 16.5. The Hall–Kier alpha value is -0.566. The zero-order chi connectivity index (χ0) is 14.2. The standard InChI is InChI=1S/C12H18.C2F4.Ni/c1-2-4-6-8-10-12-11-9-7-5-3-1;3-1(4)2(5)6;/h1-2,7-10H,3-6,11-12H2;;/b2-1-,9-7-,10-8-;;. The molecule has 0 aromatic carbocycles. The van der Waals surface area contributed by atoms with Gasteiger partial charge in [-0.25, -0.2) is 0 Å². The van der Waals surface area contributed by atoms with Crippen molar-refractivity contribution in [2.24, 2.45) is 0 Å². The monoisotopic (exact) mass is 320 g/mol. The fraction of sp³-hybridized carbons (Fsp3) is 0.571. The third-order valence-corrected chi connectivity index (χ3v) is 3.45. The van der Waals surface area contributed by atoms with Crippen LogP contribution in [0.4, 0.5) is 17.6 Å². The van der Waals surface area contributed by atoms with Crippen LogP contribution in [0.15, 0.2) is 36.5 Å². The zero-order valence-electron chi connectivity index (χ0n) is 10.5. The number of alkyl halides is 4. The minimum absolute atomic E-state index is 0.778. The average Bonchev–Trinajstić information content (AvgIpc) is 2.75. The van der Waals surface area contributed by atoms with Crippen LogP contribution in [0.3, 0.4) is 0 Å². The first-order chi connectivity index (χ1) is 8.96. The van der Waals surface area contributed by atoms with Crippen molar-refractivity contribution in [1.82, 2.24) is 0 Å². The fourth-order valence-corrected chi connectivity index (χ4v) is 1.72. The van der Waals surface area contributed by atoms with Crippen LogP contribution in [0.25, 0.3) is 0 Å². The average molecular weight is 321 g/mol. The van der Waals surface area contributed by atoms with E-state index in [0.717, 1.165) is 0 Å². The van der Waals surface area contributed by atoms with Crippen LogP contribution in [-0.2, 0) is 14.4 Å². The van der Waals surface area contributed by atoms with Crippen molar-refractivity contribution >= 4 is 0 Å². The quantitative estimate of drug-likeness (QED) is 0.324. The molecule has 0 saturated carbocycles. The number of hydrogen-bond acceptors (Lipinski definition) is 0. The SMILES string of the molecule is C1=C\CC/C=C\CC/C=C\CC/1.F[C]1(F)[Ni][C]1(F)F. The van der Waals surface area contributed by atoms with E-state index in [-0.39, 0.29) is 0 Å². The Morgan fingerprint density at radius 3 is 0.789 bits per heavy atom. The summed E-state index contributed by atoms with van der Waals surface area (Å²) in [4.78, 5) is -7.50. The molecule has 2 rings (SSSR count). The van der Waals surface area contributed by atoms with Gasteiger partial charge in [0.25, 0.3) is 0 Å². The van der Waals surface area contributed by atoms with E-state index in [1.807, 2.05) is 0 Å². The molecule has 0 amide bonds. The summed E-state index contributed by atoms with van der Waals surface area (Å²) < 4.78 is 44.5. The molecular formula is C14H18F4Ni. The molecular weight excluding hydrogens is 303 g/mol. The van der Waals surface area contributed by atoms with Gasteiger partial charge in [0.15, 0.2) is 0 Å².